The third-order valence-corrected chi connectivity index (χ3v) is 12.9. The Morgan fingerprint density at radius 3 is 1.91 bits per heavy atom. The van der Waals surface area contributed by atoms with Crippen molar-refractivity contribution in [1.29, 1.82) is 0 Å². The van der Waals surface area contributed by atoms with Gasteiger partial charge < -0.3 is 19.0 Å². The third kappa shape index (κ3) is 9.91. The van der Waals surface area contributed by atoms with Gasteiger partial charge >= 0.3 is 0 Å². The van der Waals surface area contributed by atoms with E-state index >= 15 is 0 Å². The normalized spacial score (nSPS) is 27.4. The number of hydrogen-bond acceptors (Lipinski definition) is 4. The first kappa shape index (κ1) is 29.3. The average molecular weight is 485 g/mol. The molecule has 0 saturated carbocycles. The Bertz CT molecular complexity index is 519. The van der Waals surface area contributed by atoms with Gasteiger partial charge in [0, 0.05) is 0 Å². The molecule has 2 rings (SSSR count). The van der Waals surface area contributed by atoms with Crippen molar-refractivity contribution in [2.45, 2.75) is 173 Å². The van der Waals surface area contributed by atoms with E-state index < -0.39 is 8.32 Å². The molecule has 0 bridgehead atoms. The van der Waals surface area contributed by atoms with Crippen LogP contribution in [0.5, 0.6) is 0 Å². The fraction of sp³-hybridized carbons (Fsp3) is 1.00. The van der Waals surface area contributed by atoms with E-state index in [2.05, 4.69) is 40.8 Å². The van der Waals surface area contributed by atoms with Crippen LogP contribution in [0.15, 0.2) is 0 Å². The SMILES string of the molecule is CCCCCCCCCCCC[C@@H](O[Si](C)(C)C(C)(C)C)[C@@H]1CC[C@@H]([C@@H]2CC[C@H](CO)O2)O1. The minimum atomic E-state index is -1.85. The van der Waals surface area contributed by atoms with Crippen LogP contribution in [0.2, 0.25) is 18.1 Å². The number of rotatable bonds is 16. The predicted octanol–water partition coefficient (Wildman–Crippen LogP) is 7.78. The summed E-state index contributed by atoms with van der Waals surface area (Å²) in [6.45, 7) is 14.1. The minimum Gasteiger partial charge on any atom is -0.411 e. The number of aliphatic hydroxyl groups excluding tert-OH is 1. The van der Waals surface area contributed by atoms with Crippen LogP contribution >= 0.6 is 0 Å². The fourth-order valence-electron chi connectivity index (χ4n) is 5.09. The lowest BCUT2D eigenvalue weighted by Gasteiger charge is -2.41. The molecular weight excluding hydrogens is 428 g/mol. The lowest BCUT2D eigenvalue weighted by atomic mass is 10.0. The molecule has 196 valence electrons. The predicted molar refractivity (Wildman–Crippen MR) is 141 cm³/mol. The van der Waals surface area contributed by atoms with Crippen molar-refractivity contribution in [1.82, 2.24) is 0 Å². The Hall–Kier alpha value is 0.0569. The van der Waals surface area contributed by atoms with E-state index in [9.17, 15) is 5.11 Å². The number of ether oxygens (including phenoxy) is 2. The molecule has 5 atom stereocenters. The molecule has 0 aromatic rings. The first-order valence-corrected chi connectivity index (χ1v) is 17.2. The molecule has 0 unspecified atom stereocenters. The molecule has 0 aromatic carbocycles. The van der Waals surface area contributed by atoms with Crippen LogP contribution < -0.4 is 0 Å². The zero-order valence-electron chi connectivity index (χ0n) is 22.9. The molecule has 33 heavy (non-hydrogen) atoms. The molecule has 2 heterocycles. The molecule has 2 fully saturated rings. The summed E-state index contributed by atoms with van der Waals surface area (Å²) in [7, 11) is -1.85. The molecule has 0 amide bonds. The van der Waals surface area contributed by atoms with Crippen LogP contribution in [0.3, 0.4) is 0 Å². The second-order valence-electron chi connectivity index (χ2n) is 12.2. The summed E-state index contributed by atoms with van der Waals surface area (Å²) in [5.41, 5.74) is 0. The van der Waals surface area contributed by atoms with E-state index in [0.29, 0.717) is 0 Å². The first-order valence-electron chi connectivity index (χ1n) is 14.3. The summed E-state index contributed by atoms with van der Waals surface area (Å²) >= 11 is 0. The molecule has 2 aliphatic heterocycles. The number of hydrogen-bond donors (Lipinski definition) is 1. The first-order chi connectivity index (χ1) is 15.7. The Balaban J connectivity index is 1.79. The van der Waals surface area contributed by atoms with Crippen molar-refractivity contribution >= 4 is 8.32 Å². The van der Waals surface area contributed by atoms with Gasteiger partial charge in [0.15, 0.2) is 8.32 Å². The Morgan fingerprint density at radius 2 is 1.36 bits per heavy atom. The van der Waals surface area contributed by atoms with Crippen molar-refractivity contribution in [2.24, 2.45) is 0 Å². The van der Waals surface area contributed by atoms with E-state index in [1.165, 1.54) is 64.2 Å². The van der Waals surface area contributed by atoms with E-state index in [-0.39, 0.29) is 42.2 Å². The van der Waals surface area contributed by atoms with Crippen LogP contribution in [-0.2, 0) is 13.9 Å². The van der Waals surface area contributed by atoms with Crippen molar-refractivity contribution in [3.63, 3.8) is 0 Å². The molecule has 2 saturated heterocycles. The van der Waals surface area contributed by atoms with Crippen molar-refractivity contribution in [3.05, 3.63) is 0 Å². The van der Waals surface area contributed by atoms with Crippen molar-refractivity contribution in [2.75, 3.05) is 6.61 Å². The highest BCUT2D eigenvalue weighted by Crippen LogP contribution is 2.40. The molecule has 0 aliphatic carbocycles. The Morgan fingerprint density at radius 1 is 0.818 bits per heavy atom. The summed E-state index contributed by atoms with van der Waals surface area (Å²) < 4.78 is 19.6. The summed E-state index contributed by atoms with van der Waals surface area (Å²) in [5.74, 6) is 0. The maximum absolute atomic E-state index is 9.41. The van der Waals surface area contributed by atoms with Gasteiger partial charge in [-0.3, -0.25) is 0 Å². The highest BCUT2D eigenvalue weighted by molar-refractivity contribution is 6.74. The molecule has 0 aromatic heterocycles. The minimum absolute atomic E-state index is 0.00331. The third-order valence-electron chi connectivity index (χ3n) is 8.35. The molecule has 0 radical (unpaired) electrons. The van der Waals surface area contributed by atoms with Crippen LogP contribution in [0.4, 0.5) is 0 Å². The maximum Gasteiger partial charge on any atom is 0.192 e. The molecule has 2 aliphatic rings. The van der Waals surface area contributed by atoms with Gasteiger partial charge in [-0.1, -0.05) is 91.9 Å². The van der Waals surface area contributed by atoms with E-state index in [1.54, 1.807) is 0 Å². The van der Waals surface area contributed by atoms with Gasteiger partial charge in [0.2, 0.25) is 0 Å². The maximum atomic E-state index is 9.41. The quantitative estimate of drug-likeness (QED) is 0.179. The average Bonchev–Trinajstić information content (AvgIpc) is 3.42. The van der Waals surface area contributed by atoms with Gasteiger partial charge in [0.25, 0.3) is 0 Å². The van der Waals surface area contributed by atoms with E-state index in [0.717, 1.165) is 32.1 Å². The van der Waals surface area contributed by atoms with Crippen LogP contribution in [0.25, 0.3) is 0 Å². The topological polar surface area (TPSA) is 47.9 Å². The van der Waals surface area contributed by atoms with Gasteiger partial charge in [-0.15, -0.1) is 0 Å². The second-order valence-corrected chi connectivity index (χ2v) is 17.0. The van der Waals surface area contributed by atoms with Gasteiger partial charge in [0.1, 0.15) is 0 Å². The highest BCUT2D eigenvalue weighted by Gasteiger charge is 2.44. The van der Waals surface area contributed by atoms with Gasteiger partial charge in [-0.05, 0) is 50.2 Å². The second kappa shape index (κ2) is 14.6. The molecular formula is C28H56O4Si. The van der Waals surface area contributed by atoms with Crippen LogP contribution in [-0.4, -0.2) is 50.6 Å². The monoisotopic (exact) mass is 484 g/mol. The summed E-state index contributed by atoms with van der Waals surface area (Å²) in [6.07, 6.45) is 19.6. The number of aliphatic hydroxyl groups is 1. The lowest BCUT2D eigenvalue weighted by molar-refractivity contribution is -0.0958. The fourth-order valence-corrected chi connectivity index (χ4v) is 6.47. The Labute approximate surface area is 206 Å². The number of unbranched alkanes of at least 4 members (excludes halogenated alkanes) is 9. The van der Waals surface area contributed by atoms with Gasteiger partial charge in [-0.2, -0.15) is 0 Å². The lowest BCUT2D eigenvalue weighted by Crippen LogP contribution is -2.47. The van der Waals surface area contributed by atoms with E-state index in [4.69, 9.17) is 13.9 Å². The zero-order valence-corrected chi connectivity index (χ0v) is 23.9. The zero-order chi connectivity index (χ0) is 24.3. The van der Waals surface area contributed by atoms with Gasteiger partial charge in [-0.25, -0.2) is 0 Å². The Kier molecular flexibility index (Phi) is 12.9. The van der Waals surface area contributed by atoms with Crippen molar-refractivity contribution < 1.29 is 19.0 Å². The highest BCUT2D eigenvalue weighted by atomic mass is 28.4. The largest absolute Gasteiger partial charge is 0.411 e. The molecule has 4 nitrogen and oxygen atoms in total. The summed E-state index contributed by atoms with van der Waals surface area (Å²) in [5, 5.41) is 9.62. The summed E-state index contributed by atoms with van der Waals surface area (Å²) in [6, 6.07) is 0. The summed E-state index contributed by atoms with van der Waals surface area (Å²) in [4.78, 5) is 0. The van der Waals surface area contributed by atoms with Crippen LogP contribution in [0.1, 0.15) is 124 Å². The standard InChI is InChI=1S/C28H56O4Si/c1-7-8-9-10-11-12-13-14-15-16-17-27(32-33(5,6)28(2,3)4)26-21-20-25(31-26)24-19-18-23(22-29)30-24/h23-27,29H,7-22H2,1-6H3/t23-,24+,25+,26+,27-/m1/s1. The molecule has 5 heteroatoms. The van der Waals surface area contributed by atoms with Crippen molar-refractivity contribution in [3.8, 4) is 0 Å². The van der Waals surface area contributed by atoms with E-state index in [1.807, 2.05) is 0 Å². The molecule has 1 N–H and O–H groups in total. The smallest absolute Gasteiger partial charge is 0.192 e. The van der Waals surface area contributed by atoms with Gasteiger partial charge in [0.05, 0.1) is 37.1 Å². The van der Waals surface area contributed by atoms with Crippen LogP contribution in [0, 0.1) is 0 Å². The molecule has 0 spiro atoms.